The van der Waals surface area contributed by atoms with E-state index in [1.807, 2.05) is 17.0 Å². The number of aromatic nitrogens is 1. The van der Waals surface area contributed by atoms with Gasteiger partial charge in [-0.05, 0) is 44.9 Å². The van der Waals surface area contributed by atoms with Crippen LogP contribution in [-0.2, 0) is 10.2 Å². The number of hydrogen-bond acceptors (Lipinski definition) is 3. The SMILES string of the molecule is CC(C)(C(=O)N1CCC(Nc2cccnc2)CC1)c1ccccc1F. The average molecular weight is 341 g/mol. The van der Waals surface area contributed by atoms with Crippen molar-refractivity contribution in [3.8, 4) is 0 Å². The molecule has 1 saturated heterocycles. The lowest BCUT2D eigenvalue weighted by molar-refractivity contribution is -0.137. The summed E-state index contributed by atoms with van der Waals surface area (Å²) in [6, 6.07) is 10.7. The third-order valence-corrected chi connectivity index (χ3v) is 4.90. The Labute approximate surface area is 148 Å². The van der Waals surface area contributed by atoms with Gasteiger partial charge in [0.05, 0.1) is 11.1 Å². The third-order valence-electron chi connectivity index (χ3n) is 4.90. The number of anilines is 1. The molecule has 3 rings (SSSR count). The van der Waals surface area contributed by atoms with Gasteiger partial charge in [0.1, 0.15) is 5.82 Å². The molecule has 0 aliphatic carbocycles. The number of carbonyl (C=O) groups excluding carboxylic acids is 1. The van der Waals surface area contributed by atoms with E-state index >= 15 is 0 Å². The fraction of sp³-hybridized carbons (Fsp3) is 0.400. The Kier molecular flexibility index (Phi) is 5.02. The third kappa shape index (κ3) is 3.81. The number of halogens is 1. The van der Waals surface area contributed by atoms with E-state index in [2.05, 4.69) is 10.3 Å². The van der Waals surface area contributed by atoms with Crippen molar-refractivity contribution in [3.63, 3.8) is 0 Å². The number of piperidine rings is 1. The van der Waals surface area contributed by atoms with E-state index in [0.29, 0.717) is 24.7 Å². The van der Waals surface area contributed by atoms with Crippen LogP contribution in [0.4, 0.5) is 10.1 Å². The Morgan fingerprint density at radius 3 is 2.56 bits per heavy atom. The van der Waals surface area contributed by atoms with Gasteiger partial charge >= 0.3 is 0 Å². The molecule has 1 fully saturated rings. The molecule has 0 saturated carbocycles. The van der Waals surface area contributed by atoms with Gasteiger partial charge in [0.15, 0.2) is 0 Å². The van der Waals surface area contributed by atoms with E-state index in [0.717, 1.165) is 18.5 Å². The Balaban J connectivity index is 1.62. The number of amides is 1. The largest absolute Gasteiger partial charge is 0.381 e. The molecule has 1 amide bonds. The van der Waals surface area contributed by atoms with E-state index in [-0.39, 0.29) is 11.7 Å². The predicted molar refractivity (Wildman–Crippen MR) is 96.9 cm³/mol. The second-order valence-corrected chi connectivity index (χ2v) is 7.06. The maximum absolute atomic E-state index is 14.1. The van der Waals surface area contributed by atoms with Crippen LogP contribution in [0.3, 0.4) is 0 Å². The number of pyridine rings is 1. The highest BCUT2D eigenvalue weighted by Crippen LogP contribution is 2.29. The second-order valence-electron chi connectivity index (χ2n) is 7.06. The van der Waals surface area contributed by atoms with Crippen molar-refractivity contribution >= 4 is 11.6 Å². The van der Waals surface area contributed by atoms with Crippen molar-refractivity contribution in [3.05, 3.63) is 60.2 Å². The van der Waals surface area contributed by atoms with Gasteiger partial charge in [0.2, 0.25) is 5.91 Å². The zero-order valence-corrected chi connectivity index (χ0v) is 14.7. The smallest absolute Gasteiger partial charge is 0.232 e. The lowest BCUT2D eigenvalue weighted by Crippen LogP contribution is -2.49. The number of likely N-dealkylation sites (tertiary alicyclic amines) is 1. The molecule has 1 N–H and O–H groups in total. The molecule has 1 aromatic heterocycles. The first-order chi connectivity index (χ1) is 12.0. The number of hydrogen-bond donors (Lipinski definition) is 1. The quantitative estimate of drug-likeness (QED) is 0.924. The van der Waals surface area contributed by atoms with Gasteiger partial charge in [-0.3, -0.25) is 9.78 Å². The van der Waals surface area contributed by atoms with Gasteiger partial charge < -0.3 is 10.2 Å². The summed E-state index contributed by atoms with van der Waals surface area (Å²) in [5.41, 5.74) is 0.587. The van der Waals surface area contributed by atoms with Crippen LogP contribution in [0.25, 0.3) is 0 Å². The van der Waals surface area contributed by atoms with Crippen LogP contribution in [0.2, 0.25) is 0 Å². The minimum absolute atomic E-state index is 0.0163. The maximum Gasteiger partial charge on any atom is 0.232 e. The highest BCUT2D eigenvalue weighted by molar-refractivity contribution is 5.87. The zero-order chi connectivity index (χ0) is 17.9. The second kappa shape index (κ2) is 7.21. The molecule has 0 spiro atoms. The monoisotopic (exact) mass is 341 g/mol. The number of rotatable bonds is 4. The highest BCUT2D eigenvalue weighted by atomic mass is 19.1. The van der Waals surface area contributed by atoms with Gasteiger partial charge in [-0.15, -0.1) is 0 Å². The summed E-state index contributed by atoms with van der Waals surface area (Å²) in [6.45, 7) is 4.95. The Bertz CT molecular complexity index is 725. The lowest BCUT2D eigenvalue weighted by atomic mass is 9.82. The van der Waals surface area contributed by atoms with Crippen LogP contribution >= 0.6 is 0 Å². The minimum atomic E-state index is -0.866. The molecular formula is C20H24FN3O. The first kappa shape index (κ1) is 17.4. The van der Waals surface area contributed by atoms with Gasteiger partial charge in [-0.2, -0.15) is 0 Å². The minimum Gasteiger partial charge on any atom is -0.381 e. The molecule has 132 valence electrons. The number of carbonyl (C=O) groups is 1. The topological polar surface area (TPSA) is 45.2 Å². The molecule has 0 bridgehead atoms. The Morgan fingerprint density at radius 1 is 1.20 bits per heavy atom. The molecule has 25 heavy (non-hydrogen) atoms. The van der Waals surface area contributed by atoms with Crippen LogP contribution in [-0.4, -0.2) is 34.9 Å². The maximum atomic E-state index is 14.1. The van der Waals surface area contributed by atoms with Crippen molar-refractivity contribution in [2.24, 2.45) is 0 Å². The molecule has 1 aromatic carbocycles. The number of benzene rings is 1. The molecule has 0 atom stereocenters. The van der Waals surface area contributed by atoms with Gasteiger partial charge in [0, 0.05) is 37.1 Å². The van der Waals surface area contributed by atoms with Crippen molar-refractivity contribution < 1.29 is 9.18 Å². The first-order valence-electron chi connectivity index (χ1n) is 8.69. The summed E-state index contributed by atoms with van der Waals surface area (Å²) in [5, 5.41) is 3.46. The van der Waals surface area contributed by atoms with E-state index in [4.69, 9.17) is 0 Å². The van der Waals surface area contributed by atoms with E-state index in [1.54, 1.807) is 44.4 Å². The molecule has 5 heteroatoms. The normalized spacial score (nSPS) is 15.9. The summed E-state index contributed by atoms with van der Waals surface area (Å²) >= 11 is 0. The predicted octanol–water partition coefficient (Wildman–Crippen LogP) is 3.60. The average Bonchev–Trinajstić information content (AvgIpc) is 2.63. The van der Waals surface area contributed by atoms with E-state index < -0.39 is 5.41 Å². The number of nitrogens with one attached hydrogen (secondary N) is 1. The van der Waals surface area contributed by atoms with Crippen LogP contribution in [0.15, 0.2) is 48.8 Å². The van der Waals surface area contributed by atoms with Gasteiger partial charge in [-0.1, -0.05) is 18.2 Å². The molecule has 0 unspecified atom stereocenters. The molecule has 0 radical (unpaired) electrons. The summed E-state index contributed by atoms with van der Waals surface area (Å²) in [4.78, 5) is 18.9. The van der Waals surface area contributed by atoms with Crippen molar-refractivity contribution in [2.45, 2.75) is 38.1 Å². The fourth-order valence-corrected chi connectivity index (χ4v) is 3.39. The van der Waals surface area contributed by atoms with Gasteiger partial charge in [-0.25, -0.2) is 4.39 Å². The van der Waals surface area contributed by atoms with Crippen molar-refractivity contribution in [2.75, 3.05) is 18.4 Å². The molecule has 2 heterocycles. The summed E-state index contributed by atoms with van der Waals surface area (Å²) < 4.78 is 14.1. The lowest BCUT2D eigenvalue weighted by Gasteiger charge is -2.37. The van der Waals surface area contributed by atoms with Crippen LogP contribution in [0.1, 0.15) is 32.3 Å². The molecule has 2 aromatic rings. The summed E-state index contributed by atoms with van der Waals surface area (Å²) in [7, 11) is 0. The van der Waals surface area contributed by atoms with E-state index in [1.165, 1.54) is 6.07 Å². The zero-order valence-electron chi connectivity index (χ0n) is 14.7. The van der Waals surface area contributed by atoms with E-state index in [9.17, 15) is 9.18 Å². The van der Waals surface area contributed by atoms with Crippen molar-refractivity contribution in [1.82, 2.24) is 9.88 Å². The standard InChI is InChI=1S/C20H24FN3O/c1-20(2,17-7-3-4-8-18(17)21)19(25)24-12-9-15(10-13-24)23-16-6-5-11-22-14-16/h3-8,11,14-15,23H,9-10,12-13H2,1-2H3. The summed E-state index contributed by atoms with van der Waals surface area (Å²) in [6.07, 6.45) is 5.29. The number of nitrogens with zero attached hydrogens (tertiary/aromatic N) is 2. The molecule has 1 aliphatic heterocycles. The fourth-order valence-electron chi connectivity index (χ4n) is 3.39. The molecule has 1 aliphatic rings. The first-order valence-corrected chi connectivity index (χ1v) is 8.69. The van der Waals surface area contributed by atoms with Crippen LogP contribution in [0, 0.1) is 5.82 Å². The molecule has 4 nitrogen and oxygen atoms in total. The van der Waals surface area contributed by atoms with Crippen molar-refractivity contribution in [1.29, 1.82) is 0 Å². The Hall–Kier alpha value is -2.43. The molecular weight excluding hydrogens is 317 g/mol. The van der Waals surface area contributed by atoms with Gasteiger partial charge in [0.25, 0.3) is 0 Å². The Morgan fingerprint density at radius 2 is 1.92 bits per heavy atom. The highest BCUT2D eigenvalue weighted by Gasteiger charge is 2.37. The van der Waals surface area contributed by atoms with Crippen LogP contribution in [0.5, 0.6) is 0 Å². The van der Waals surface area contributed by atoms with Crippen LogP contribution < -0.4 is 5.32 Å². The summed E-state index contributed by atoms with van der Waals surface area (Å²) in [5.74, 6) is -0.341.